The monoisotopic (exact) mass is 568 g/mol. The van der Waals surface area contributed by atoms with E-state index in [4.69, 9.17) is 0 Å². The van der Waals surface area contributed by atoms with E-state index in [1.807, 2.05) is 0 Å². The summed E-state index contributed by atoms with van der Waals surface area (Å²) in [6, 6.07) is 6.41. The van der Waals surface area contributed by atoms with E-state index in [1.54, 1.807) is 18.3 Å². The molecular formula is C24H27Cl2FN6O3S. The highest BCUT2D eigenvalue weighted by Gasteiger charge is 2.42. The van der Waals surface area contributed by atoms with Crippen molar-refractivity contribution >= 4 is 59.2 Å². The summed E-state index contributed by atoms with van der Waals surface area (Å²) in [6.45, 7) is 2.29. The van der Waals surface area contributed by atoms with E-state index < -0.39 is 11.4 Å². The van der Waals surface area contributed by atoms with E-state index in [9.17, 15) is 19.1 Å². The first-order valence-electron chi connectivity index (χ1n) is 11.7. The van der Waals surface area contributed by atoms with E-state index in [-0.39, 0.29) is 61.0 Å². The average Bonchev–Trinajstić information content (AvgIpc) is 3.17. The second-order valence-electron chi connectivity index (χ2n) is 9.42. The molecule has 0 radical (unpaired) electrons. The molecule has 1 saturated heterocycles. The van der Waals surface area contributed by atoms with Gasteiger partial charge in [-0.1, -0.05) is 0 Å². The SMILES string of the molecule is Cl.Cl.O=C1CSc2cnc(CNC3CCN(C[C@]4(O)Cn5c(=O)ccc6ccc(F)c4c65)CC3)nc2N1. The number of pyridine rings is 1. The number of rotatable bonds is 5. The lowest BCUT2D eigenvalue weighted by Crippen LogP contribution is -2.48. The first-order chi connectivity index (χ1) is 16.9. The predicted octanol–water partition coefficient (Wildman–Crippen LogP) is 2.27. The maximum Gasteiger partial charge on any atom is 0.251 e. The maximum atomic E-state index is 14.8. The number of nitrogens with zero attached hydrogens (tertiary/aromatic N) is 4. The minimum atomic E-state index is -1.45. The van der Waals surface area contributed by atoms with Crippen LogP contribution in [0.4, 0.5) is 10.2 Å². The number of likely N-dealkylation sites (tertiary alicyclic amines) is 1. The Balaban J connectivity index is 0.00000160. The lowest BCUT2D eigenvalue weighted by Gasteiger charge is -2.37. The number of hydrogen-bond acceptors (Lipinski definition) is 8. The number of anilines is 1. The Morgan fingerprint density at radius 3 is 2.73 bits per heavy atom. The number of amides is 1. The predicted molar refractivity (Wildman–Crippen MR) is 144 cm³/mol. The number of carbonyl (C=O) groups excluding carboxylic acids is 1. The molecule has 1 amide bonds. The number of nitrogens with one attached hydrogen (secondary N) is 2. The maximum absolute atomic E-state index is 14.8. The lowest BCUT2D eigenvalue weighted by atomic mass is 9.92. The van der Waals surface area contributed by atoms with Crippen molar-refractivity contribution in [2.75, 3.05) is 30.7 Å². The van der Waals surface area contributed by atoms with Gasteiger partial charge in [0.1, 0.15) is 23.1 Å². The van der Waals surface area contributed by atoms with Gasteiger partial charge in [-0.05, 0) is 49.5 Å². The summed E-state index contributed by atoms with van der Waals surface area (Å²) < 4.78 is 16.3. The first kappa shape index (κ1) is 27.7. The van der Waals surface area contributed by atoms with Crippen LogP contribution in [0.3, 0.4) is 0 Å². The second kappa shape index (κ2) is 10.8. The van der Waals surface area contributed by atoms with Crippen LogP contribution in [-0.2, 0) is 23.5 Å². The van der Waals surface area contributed by atoms with E-state index in [0.717, 1.165) is 36.2 Å². The molecule has 3 aromatic rings. The van der Waals surface area contributed by atoms with Crippen LogP contribution < -0.4 is 16.2 Å². The van der Waals surface area contributed by atoms with Crippen LogP contribution in [0.25, 0.3) is 10.9 Å². The van der Waals surface area contributed by atoms with E-state index in [2.05, 4.69) is 25.5 Å². The van der Waals surface area contributed by atoms with E-state index >= 15 is 0 Å². The standard InChI is InChI=1S/C24H25FN6O3S.2ClH/c25-16-3-1-14-2-4-20(33)31-13-24(34,21(16)22(14)31)12-30-7-5-15(6-8-30)26-10-18-27-9-17-23(28-18)29-19(32)11-35-17;;/h1-4,9,15,26,34H,5-8,10-13H2,(H,27,28,29,32);2*1H/t24-;;/m0../s1. The molecule has 1 fully saturated rings. The molecule has 37 heavy (non-hydrogen) atoms. The first-order valence-corrected chi connectivity index (χ1v) is 12.7. The Kier molecular flexibility index (Phi) is 8.13. The van der Waals surface area contributed by atoms with Gasteiger partial charge in [-0.2, -0.15) is 0 Å². The van der Waals surface area contributed by atoms with Crippen molar-refractivity contribution < 1.29 is 14.3 Å². The van der Waals surface area contributed by atoms with Gasteiger partial charge in [0.15, 0.2) is 0 Å². The molecule has 5 heterocycles. The number of β-amino-alcohol motifs (C(OH)–C–C–N with tert-alkyl or cyclic N) is 1. The van der Waals surface area contributed by atoms with Gasteiger partial charge in [0.25, 0.3) is 5.56 Å². The average molecular weight is 569 g/mol. The summed E-state index contributed by atoms with van der Waals surface area (Å²) in [4.78, 5) is 35.9. The zero-order chi connectivity index (χ0) is 24.2. The number of carbonyl (C=O) groups is 1. The van der Waals surface area contributed by atoms with Crippen LogP contribution in [0.5, 0.6) is 0 Å². The highest BCUT2D eigenvalue weighted by Crippen LogP contribution is 2.38. The topological polar surface area (TPSA) is 112 Å². The van der Waals surface area contributed by atoms with Gasteiger partial charge in [0, 0.05) is 30.4 Å². The Morgan fingerprint density at radius 1 is 1.19 bits per heavy atom. The number of halogens is 3. The summed E-state index contributed by atoms with van der Waals surface area (Å²) in [5.74, 6) is 1.04. The number of benzene rings is 1. The second-order valence-corrected chi connectivity index (χ2v) is 10.4. The molecule has 3 N–H and O–H groups in total. The minimum absolute atomic E-state index is 0. The third-order valence-corrected chi connectivity index (χ3v) is 8.04. The van der Waals surface area contributed by atoms with Crippen molar-refractivity contribution in [1.29, 1.82) is 0 Å². The van der Waals surface area contributed by atoms with Gasteiger partial charge in [-0.3, -0.25) is 14.5 Å². The molecule has 9 nitrogen and oxygen atoms in total. The fourth-order valence-electron chi connectivity index (χ4n) is 5.34. The number of aliphatic hydroxyl groups is 1. The molecule has 0 aliphatic carbocycles. The van der Waals surface area contributed by atoms with E-state index in [0.29, 0.717) is 29.5 Å². The third-order valence-electron chi connectivity index (χ3n) is 7.03. The number of fused-ring (bicyclic) bond motifs is 1. The molecule has 198 valence electrons. The Morgan fingerprint density at radius 2 is 1.95 bits per heavy atom. The van der Waals surface area contributed by atoms with Gasteiger partial charge in [-0.25, -0.2) is 14.4 Å². The lowest BCUT2D eigenvalue weighted by molar-refractivity contribution is -0.113. The van der Waals surface area contributed by atoms with Gasteiger partial charge in [-0.15, -0.1) is 36.6 Å². The zero-order valence-electron chi connectivity index (χ0n) is 19.8. The molecular weight excluding hydrogens is 542 g/mol. The van der Waals surface area contributed by atoms with Crippen molar-refractivity contribution in [2.24, 2.45) is 0 Å². The van der Waals surface area contributed by atoms with Gasteiger partial charge in [0.2, 0.25) is 5.91 Å². The number of hydrogen-bond donors (Lipinski definition) is 3. The minimum Gasteiger partial charge on any atom is -0.382 e. The Bertz CT molecular complexity index is 1400. The molecule has 6 rings (SSSR count). The molecule has 1 aromatic carbocycles. The summed E-state index contributed by atoms with van der Waals surface area (Å²) in [7, 11) is 0. The molecule has 13 heteroatoms. The number of thioether (sulfide) groups is 1. The zero-order valence-corrected chi connectivity index (χ0v) is 22.2. The molecule has 3 aliphatic rings. The number of aromatic nitrogens is 3. The Hall–Kier alpha value is -2.28. The quantitative estimate of drug-likeness (QED) is 0.429. The van der Waals surface area contributed by atoms with Crippen LogP contribution in [0.15, 0.2) is 40.2 Å². The van der Waals surface area contributed by atoms with Gasteiger partial charge < -0.3 is 20.3 Å². The van der Waals surface area contributed by atoms with Crippen molar-refractivity contribution in [3.63, 3.8) is 0 Å². The summed E-state index contributed by atoms with van der Waals surface area (Å²) in [6.07, 6.45) is 3.46. The fourth-order valence-corrected chi connectivity index (χ4v) is 6.06. The van der Waals surface area contributed by atoms with Crippen molar-refractivity contribution in [1.82, 2.24) is 24.8 Å². The van der Waals surface area contributed by atoms with Gasteiger partial charge in [0.05, 0.1) is 29.3 Å². The summed E-state index contributed by atoms with van der Waals surface area (Å²) >= 11 is 1.43. The molecule has 2 aromatic heterocycles. The van der Waals surface area contributed by atoms with Crippen molar-refractivity contribution in [2.45, 2.75) is 42.5 Å². The Labute approximate surface area is 229 Å². The van der Waals surface area contributed by atoms with Crippen molar-refractivity contribution in [3.05, 3.63) is 58.0 Å². The third kappa shape index (κ3) is 5.21. The fraction of sp³-hybridized carbons (Fsp3) is 0.417. The highest BCUT2D eigenvalue weighted by molar-refractivity contribution is 8.00. The van der Waals surface area contributed by atoms with Crippen molar-refractivity contribution in [3.8, 4) is 0 Å². The smallest absolute Gasteiger partial charge is 0.251 e. The van der Waals surface area contributed by atoms with Crippen LogP contribution in [0.2, 0.25) is 0 Å². The van der Waals surface area contributed by atoms with Crippen LogP contribution in [0.1, 0.15) is 24.2 Å². The van der Waals surface area contributed by atoms with Crippen LogP contribution in [0, 0.1) is 5.82 Å². The number of piperidine rings is 1. The molecule has 0 saturated carbocycles. The van der Waals surface area contributed by atoms with Crippen LogP contribution in [-0.4, -0.2) is 61.9 Å². The van der Waals surface area contributed by atoms with Crippen LogP contribution >= 0.6 is 36.6 Å². The molecule has 3 aliphatic heterocycles. The largest absolute Gasteiger partial charge is 0.382 e. The molecule has 0 unspecified atom stereocenters. The summed E-state index contributed by atoms with van der Waals surface area (Å²) in [5.41, 5.74) is -0.957. The summed E-state index contributed by atoms with van der Waals surface area (Å²) in [5, 5.41) is 18.5. The highest BCUT2D eigenvalue weighted by atomic mass is 35.5. The normalized spacial score (nSPS) is 21.2. The van der Waals surface area contributed by atoms with Gasteiger partial charge >= 0.3 is 0 Å². The molecule has 0 spiro atoms. The molecule has 0 bridgehead atoms. The molecule has 1 atom stereocenters. The van der Waals surface area contributed by atoms with E-state index in [1.165, 1.54) is 28.5 Å².